The van der Waals surface area contributed by atoms with Crippen molar-refractivity contribution in [3.05, 3.63) is 29.8 Å². The summed E-state index contributed by atoms with van der Waals surface area (Å²) < 4.78 is 0. The number of hydrogen-bond acceptors (Lipinski definition) is 3. The molecule has 116 valence electrons. The number of anilines is 1. The van der Waals surface area contributed by atoms with E-state index in [1.165, 1.54) is 0 Å². The van der Waals surface area contributed by atoms with Crippen LogP contribution < -0.4 is 11.1 Å². The van der Waals surface area contributed by atoms with Crippen LogP contribution in [0, 0.1) is 0 Å². The molecule has 0 aliphatic heterocycles. The number of amides is 1. The average molecular weight is 307 g/mol. The van der Waals surface area contributed by atoms with E-state index in [4.69, 9.17) is 18.0 Å². The Balaban J connectivity index is 2.54. The lowest BCUT2D eigenvalue weighted by molar-refractivity contribution is -0.116. The normalized spacial score (nSPS) is 12.2. The van der Waals surface area contributed by atoms with Crippen molar-refractivity contribution in [2.75, 3.05) is 18.4 Å². The van der Waals surface area contributed by atoms with Crippen LogP contribution in [0.5, 0.6) is 0 Å². The van der Waals surface area contributed by atoms with Gasteiger partial charge in [-0.25, -0.2) is 0 Å². The second kappa shape index (κ2) is 8.74. The van der Waals surface area contributed by atoms with Gasteiger partial charge in [0.1, 0.15) is 4.99 Å². The maximum atomic E-state index is 12.0. The first-order chi connectivity index (χ1) is 9.97. The summed E-state index contributed by atoms with van der Waals surface area (Å²) in [7, 11) is 0. The number of thiocarbonyl (C=S) groups is 1. The van der Waals surface area contributed by atoms with Crippen molar-refractivity contribution < 1.29 is 4.79 Å². The van der Waals surface area contributed by atoms with Crippen LogP contribution in [-0.2, 0) is 4.79 Å². The van der Waals surface area contributed by atoms with Gasteiger partial charge in [0.2, 0.25) is 5.91 Å². The smallest absolute Gasteiger partial charge is 0.225 e. The molecule has 1 amide bonds. The minimum absolute atomic E-state index is 0.0110. The van der Waals surface area contributed by atoms with Crippen LogP contribution in [0.15, 0.2) is 24.3 Å². The number of carbonyl (C=O) groups is 1. The quantitative estimate of drug-likeness (QED) is 0.725. The van der Waals surface area contributed by atoms with Gasteiger partial charge in [-0.2, -0.15) is 0 Å². The zero-order chi connectivity index (χ0) is 15.8. The second-order valence-corrected chi connectivity index (χ2v) is 5.57. The lowest BCUT2D eigenvalue weighted by atomic mass is 10.2. The highest BCUT2D eigenvalue weighted by Crippen LogP contribution is 2.11. The van der Waals surface area contributed by atoms with E-state index < -0.39 is 0 Å². The Hall–Kier alpha value is -1.46. The fourth-order valence-electron chi connectivity index (χ4n) is 2.17. The molecular weight excluding hydrogens is 282 g/mol. The van der Waals surface area contributed by atoms with E-state index in [9.17, 15) is 4.79 Å². The number of carbonyl (C=O) groups excluding carboxylic acids is 1. The monoisotopic (exact) mass is 307 g/mol. The molecule has 1 unspecified atom stereocenters. The summed E-state index contributed by atoms with van der Waals surface area (Å²) in [4.78, 5) is 14.7. The third-order valence-corrected chi connectivity index (χ3v) is 3.91. The van der Waals surface area contributed by atoms with Crippen LogP contribution in [0.4, 0.5) is 5.69 Å². The van der Waals surface area contributed by atoms with E-state index >= 15 is 0 Å². The zero-order valence-electron chi connectivity index (χ0n) is 13.1. The van der Waals surface area contributed by atoms with Crippen LogP contribution >= 0.6 is 12.2 Å². The predicted molar refractivity (Wildman–Crippen MR) is 92.6 cm³/mol. The molecule has 4 nitrogen and oxygen atoms in total. The van der Waals surface area contributed by atoms with Crippen LogP contribution in [0.1, 0.15) is 39.2 Å². The molecule has 0 aliphatic rings. The third kappa shape index (κ3) is 5.81. The predicted octanol–water partition coefficient (Wildman–Crippen LogP) is 2.77. The summed E-state index contributed by atoms with van der Waals surface area (Å²) in [5.41, 5.74) is 7.09. The molecule has 0 spiro atoms. The highest BCUT2D eigenvalue weighted by atomic mass is 32.1. The number of nitrogens with one attached hydrogen (secondary N) is 1. The van der Waals surface area contributed by atoms with Crippen molar-refractivity contribution in [3.8, 4) is 0 Å². The molecule has 0 saturated heterocycles. The Kier molecular flexibility index (Phi) is 7.32. The molecule has 1 aromatic carbocycles. The summed E-state index contributed by atoms with van der Waals surface area (Å²) in [6, 6.07) is 7.81. The SMILES string of the molecule is CCC(C)N(CC)CCC(=O)Nc1cccc(C(N)=S)c1. The van der Waals surface area contributed by atoms with Gasteiger partial charge in [0.05, 0.1) is 0 Å². The molecule has 0 radical (unpaired) electrons. The van der Waals surface area contributed by atoms with E-state index in [1.54, 1.807) is 6.07 Å². The van der Waals surface area contributed by atoms with Crippen molar-refractivity contribution in [1.29, 1.82) is 0 Å². The number of nitrogens with two attached hydrogens (primary N) is 1. The highest BCUT2D eigenvalue weighted by Gasteiger charge is 2.12. The fourth-order valence-corrected chi connectivity index (χ4v) is 2.29. The molecule has 0 aliphatic carbocycles. The molecule has 3 N–H and O–H groups in total. The van der Waals surface area contributed by atoms with Crippen LogP contribution in [0.3, 0.4) is 0 Å². The number of nitrogens with zero attached hydrogens (tertiary/aromatic N) is 1. The van der Waals surface area contributed by atoms with Crippen molar-refractivity contribution in [1.82, 2.24) is 4.90 Å². The molecule has 1 aromatic rings. The van der Waals surface area contributed by atoms with Crippen molar-refractivity contribution in [2.45, 2.75) is 39.7 Å². The summed E-state index contributed by atoms with van der Waals surface area (Å²) in [5.74, 6) is 0.0110. The van der Waals surface area contributed by atoms with Gasteiger partial charge in [0, 0.05) is 30.3 Å². The van der Waals surface area contributed by atoms with Crippen molar-refractivity contribution in [3.63, 3.8) is 0 Å². The van der Waals surface area contributed by atoms with Crippen LogP contribution in [0.2, 0.25) is 0 Å². The number of benzene rings is 1. The molecule has 21 heavy (non-hydrogen) atoms. The molecule has 1 atom stereocenters. The number of hydrogen-bond donors (Lipinski definition) is 2. The van der Waals surface area contributed by atoms with E-state index in [2.05, 4.69) is 31.0 Å². The van der Waals surface area contributed by atoms with Gasteiger partial charge in [-0.3, -0.25) is 4.79 Å². The Morgan fingerprint density at radius 3 is 2.71 bits per heavy atom. The number of rotatable bonds is 8. The van der Waals surface area contributed by atoms with Gasteiger partial charge in [0.25, 0.3) is 0 Å². The Labute approximate surface area is 132 Å². The van der Waals surface area contributed by atoms with Crippen molar-refractivity contribution in [2.24, 2.45) is 5.73 Å². The van der Waals surface area contributed by atoms with E-state index in [1.807, 2.05) is 18.2 Å². The first-order valence-electron chi connectivity index (χ1n) is 7.41. The zero-order valence-corrected chi connectivity index (χ0v) is 13.9. The first kappa shape index (κ1) is 17.6. The van der Waals surface area contributed by atoms with Gasteiger partial charge >= 0.3 is 0 Å². The lowest BCUT2D eigenvalue weighted by Crippen LogP contribution is -2.35. The summed E-state index contributed by atoms with van der Waals surface area (Å²) >= 11 is 4.94. The molecule has 0 fully saturated rings. The largest absolute Gasteiger partial charge is 0.389 e. The highest BCUT2D eigenvalue weighted by molar-refractivity contribution is 7.80. The summed E-state index contributed by atoms with van der Waals surface area (Å²) in [6.45, 7) is 8.20. The molecule has 0 saturated carbocycles. The summed E-state index contributed by atoms with van der Waals surface area (Å²) in [6.07, 6.45) is 1.57. The molecule has 1 rings (SSSR count). The molecule has 5 heteroatoms. The molecule has 0 heterocycles. The minimum atomic E-state index is 0.0110. The van der Waals surface area contributed by atoms with Crippen molar-refractivity contribution >= 4 is 28.8 Å². The molecular formula is C16H25N3OS. The summed E-state index contributed by atoms with van der Waals surface area (Å²) in [5, 5.41) is 2.89. The first-order valence-corrected chi connectivity index (χ1v) is 7.82. The lowest BCUT2D eigenvalue weighted by Gasteiger charge is -2.26. The molecule has 0 bridgehead atoms. The van der Waals surface area contributed by atoms with Gasteiger partial charge < -0.3 is 16.0 Å². The van der Waals surface area contributed by atoms with Gasteiger partial charge in [-0.15, -0.1) is 0 Å². The molecule has 0 aromatic heterocycles. The standard InChI is InChI=1S/C16H25N3OS/c1-4-12(3)19(5-2)10-9-15(20)18-14-8-6-7-13(11-14)16(17)21/h6-8,11-12H,4-5,9-10H2,1-3H3,(H2,17,21)(H,18,20). The van der Waals surface area contributed by atoms with E-state index in [0.29, 0.717) is 17.5 Å². The topological polar surface area (TPSA) is 58.4 Å². The maximum absolute atomic E-state index is 12.0. The van der Waals surface area contributed by atoms with Gasteiger partial charge in [0.15, 0.2) is 0 Å². The fraction of sp³-hybridized carbons (Fsp3) is 0.500. The van der Waals surface area contributed by atoms with Gasteiger partial charge in [-0.1, -0.05) is 38.2 Å². The van der Waals surface area contributed by atoms with E-state index in [-0.39, 0.29) is 5.91 Å². The van der Waals surface area contributed by atoms with Gasteiger partial charge in [-0.05, 0) is 32.0 Å². The van der Waals surface area contributed by atoms with Crippen LogP contribution in [0.25, 0.3) is 0 Å². The third-order valence-electron chi connectivity index (χ3n) is 3.68. The Morgan fingerprint density at radius 1 is 1.43 bits per heavy atom. The minimum Gasteiger partial charge on any atom is -0.389 e. The second-order valence-electron chi connectivity index (χ2n) is 5.13. The average Bonchev–Trinajstić information content (AvgIpc) is 2.47. The Morgan fingerprint density at radius 2 is 2.14 bits per heavy atom. The van der Waals surface area contributed by atoms with Crippen LogP contribution in [-0.4, -0.2) is 34.9 Å². The van der Waals surface area contributed by atoms with E-state index in [0.717, 1.165) is 30.8 Å². The Bertz CT molecular complexity index is 490. The maximum Gasteiger partial charge on any atom is 0.225 e.